The molecule has 0 aromatic heterocycles. The van der Waals surface area contributed by atoms with Crippen LogP contribution >= 0.6 is 8.58 Å². The van der Waals surface area contributed by atoms with Crippen LogP contribution in [-0.4, -0.2) is 12.7 Å². The standard InChI is InChI=1S/C10H16NP/c1-8(2)12-10-7-5-4-6-9(10)11-3/h4-8,11-12H,1-3H3. The lowest BCUT2D eigenvalue weighted by molar-refractivity contribution is 1.11. The topological polar surface area (TPSA) is 12.0 Å². The van der Waals surface area contributed by atoms with Crippen molar-refractivity contribution in [1.29, 1.82) is 0 Å². The molecule has 0 saturated carbocycles. The van der Waals surface area contributed by atoms with Crippen molar-refractivity contribution in [2.75, 3.05) is 12.4 Å². The van der Waals surface area contributed by atoms with Crippen molar-refractivity contribution in [3.8, 4) is 0 Å². The van der Waals surface area contributed by atoms with Gasteiger partial charge in [0.25, 0.3) is 0 Å². The second-order valence-electron chi connectivity index (χ2n) is 3.09. The average Bonchev–Trinajstić information content (AvgIpc) is 2.04. The summed E-state index contributed by atoms with van der Waals surface area (Å²) in [5.74, 6) is 0. The van der Waals surface area contributed by atoms with Crippen LogP contribution in [-0.2, 0) is 0 Å². The molecule has 1 atom stereocenters. The summed E-state index contributed by atoms with van der Waals surface area (Å²) in [5, 5.41) is 4.65. The summed E-state index contributed by atoms with van der Waals surface area (Å²) in [7, 11) is 2.88. The first kappa shape index (κ1) is 9.54. The maximum atomic E-state index is 3.21. The summed E-state index contributed by atoms with van der Waals surface area (Å²) in [6.07, 6.45) is 0. The summed E-state index contributed by atoms with van der Waals surface area (Å²) >= 11 is 0. The Labute approximate surface area is 76.4 Å². The highest BCUT2D eigenvalue weighted by atomic mass is 31.1. The van der Waals surface area contributed by atoms with Gasteiger partial charge in [-0.1, -0.05) is 40.6 Å². The van der Waals surface area contributed by atoms with Gasteiger partial charge in [-0.05, 0) is 17.0 Å². The van der Waals surface area contributed by atoms with Crippen molar-refractivity contribution in [1.82, 2.24) is 0 Å². The average molecular weight is 181 g/mol. The van der Waals surface area contributed by atoms with Crippen LogP contribution in [0.2, 0.25) is 0 Å². The minimum absolute atomic E-state index is 0.750. The SMILES string of the molecule is CNc1ccccc1PC(C)C. The van der Waals surface area contributed by atoms with Gasteiger partial charge in [0.05, 0.1) is 0 Å². The smallest absolute Gasteiger partial charge is 0.0413 e. The van der Waals surface area contributed by atoms with E-state index in [9.17, 15) is 0 Å². The van der Waals surface area contributed by atoms with Gasteiger partial charge in [-0.25, -0.2) is 0 Å². The lowest BCUT2D eigenvalue weighted by atomic mass is 10.3. The van der Waals surface area contributed by atoms with Gasteiger partial charge in [0, 0.05) is 12.7 Å². The van der Waals surface area contributed by atoms with E-state index in [-0.39, 0.29) is 0 Å². The molecule has 0 spiro atoms. The molecule has 1 N–H and O–H groups in total. The number of benzene rings is 1. The Morgan fingerprint density at radius 3 is 2.50 bits per heavy atom. The summed E-state index contributed by atoms with van der Waals surface area (Å²) in [4.78, 5) is 0. The van der Waals surface area contributed by atoms with Crippen molar-refractivity contribution >= 4 is 19.6 Å². The summed E-state index contributed by atoms with van der Waals surface area (Å²) in [6, 6.07) is 8.50. The van der Waals surface area contributed by atoms with Crippen LogP contribution in [0.5, 0.6) is 0 Å². The number of anilines is 1. The number of rotatable bonds is 3. The van der Waals surface area contributed by atoms with Crippen LogP contribution in [0.25, 0.3) is 0 Å². The molecule has 2 heteroatoms. The Bertz CT molecular complexity index is 245. The van der Waals surface area contributed by atoms with Gasteiger partial charge < -0.3 is 5.32 Å². The van der Waals surface area contributed by atoms with E-state index in [0.717, 1.165) is 14.2 Å². The molecule has 0 aliphatic heterocycles. The second-order valence-corrected chi connectivity index (χ2v) is 5.08. The normalized spacial score (nSPS) is 11.3. The molecule has 1 unspecified atom stereocenters. The Balaban J connectivity index is 2.82. The van der Waals surface area contributed by atoms with E-state index < -0.39 is 0 Å². The monoisotopic (exact) mass is 181 g/mol. The zero-order valence-corrected chi connectivity index (χ0v) is 8.89. The summed E-state index contributed by atoms with van der Waals surface area (Å²) in [6.45, 7) is 4.51. The molecule has 0 bridgehead atoms. The third-order valence-corrected chi connectivity index (χ3v) is 2.96. The molecule has 0 saturated heterocycles. The van der Waals surface area contributed by atoms with E-state index in [1.165, 1.54) is 11.0 Å². The van der Waals surface area contributed by atoms with E-state index in [2.05, 4.69) is 43.4 Å². The van der Waals surface area contributed by atoms with Gasteiger partial charge in [0.2, 0.25) is 0 Å². The molecule has 1 rings (SSSR count). The molecule has 0 fully saturated rings. The Hall–Kier alpha value is -0.550. The van der Waals surface area contributed by atoms with Gasteiger partial charge in [-0.2, -0.15) is 0 Å². The molecule has 0 aliphatic carbocycles. The van der Waals surface area contributed by atoms with E-state index in [0.29, 0.717) is 0 Å². The maximum absolute atomic E-state index is 3.21. The molecular weight excluding hydrogens is 165 g/mol. The van der Waals surface area contributed by atoms with E-state index in [1.807, 2.05) is 7.05 Å². The minimum Gasteiger partial charge on any atom is -0.388 e. The first-order chi connectivity index (χ1) is 5.74. The highest BCUT2D eigenvalue weighted by Gasteiger charge is 2.00. The highest BCUT2D eigenvalue weighted by Crippen LogP contribution is 2.21. The number of hydrogen-bond acceptors (Lipinski definition) is 1. The van der Waals surface area contributed by atoms with Crippen molar-refractivity contribution in [3.05, 3.63) is 24.3 Å². The highest BCUT2D eigenvalue weighted by molar-refractivity contribution is 7.48. The largest absolute Gasteiger partial charge is 0.388 e. The molecule has 1 aromatic rings. The van der Waals surface area contributed by atoms with Gasteiger partial charge in [-0.3, -0.25) is 0 Å². The van der Waals surface area contributed by atoms with Crippen LogP contribution in [0.3, 0.4) is 0 Å². The molecule has 0 amide bonds. The van der Waals surface area contributed by atoms with Crippen LogP contribution < -0.4 is 10.6 Å². The van der Waals surface area contributed by atoms with Crippen molar-refractivity contribution < 1.29 is 0 Å². The zero-order chi connectivity index (χ0) is 8.97. The molecule has 12 heavy (non-hydrogen) atoms. The number of para-hydroxylation sites is 1. The first-order valence-corrected chi connectivity index (χ1v) is 5.35. The fourth-order valence-electron chi connectivity index (χ4n) is 1.14. The molecule has 0 radical (unpaired) electrons. The van der Waals surface area contributed by atoms with Crippen molar-refractivity contribution in [2.24, 2.45) is 0 Å². The summed E-state index contributed by atoms with van der Waals surface area (Å²) in [5.41, 5.74) is 2.02. The molecule has 0 aliphatic rings. The Kier molecular flexibility index (Phi) is 3.55. The quantitative estimate of drug-likeness (QED) is 0.706. The lowest BCUT2D eigenvalue weighted by Crippen LogP contribution is -2.05. The van der Waals surface area contributed by atoms with E-state index >= 15 is 0 Å². The van der Waals surface area contributed by atoms with Crippen LogP contribution in [0.15, 0.2) is 24.3 Å². The van der Waals surface area contributed by atoms with Gasteiger partial charge in [-0.15, -0.1) is 0 Å². The van der Waals surface area contributed by atoms with Crippen LogP contribution in [0, 0.1) is 0 Å². The molecule has 1 nitrogen and oxygen atoms in total. The van der Waals surface area contributed by atoms with Crippen LogP contribution in [0.4, 0.5) is 5.69 Å². The van der Waals surface area contributed by atoms with Crippen LogP contribution in [0.1, 0.15) is 13.8 Å². The second kappa shape index (κ2) is 4.47. The first-order valence-electron chi connectivity index (χ1n) is 4.27. The van der Waals surface area contributed by atoms with Gasteiger partial charge >= 0.3 is 0 Å². The van der Waals surface area contributed by atoms with Crippen molar-refractivity contribution in [2.45, 2.75) is 19.5 Å². The fourth-order valence-corrected chi connectivity index (χ4v) is 2.32. The Morgan fingerprint density at radius 1 is 1.25 bits per heavy atom. The van der Waals surface area contributed by atoms with Gasteiger partial charge in [0.1, 0.15) is 0 Å². The number of nitrogens with one attached hydrogen (secondary N) is 1. The van der Waals surface area contributed by atoms with Gasteiger partial charge in [0.15, 0.2) is 0 Å². The predicted molar refractivity (Wildman–Crippen MR) is 59.1 cm³/mol. The third kappa shape index (κ3) is 2.49. The third-order valence-electron chi connectivity index (χ3n) is 1.64. The molecule has 1 aromatic carbocycles. The van der Waals surface area contributed by atoms with E-state index in [1.54, 1.807) is 0 Å². The number of hydrogen-bond donors (Lipinski definition) is 1. The van der Waals surface area contributed by atoms with Crippen molar-refractivity contribution in [3.63, 3.8) is 0 Å². The predicted octanol–water partition coefficient (Wildman–Crippen LogP) is 2.44. The summed E-state index contributed by atoms with van der Waals surface area (Å²) < 4.78 is 0. The zero-order valence-electron chi connectivity index (χ0n) is 7.89. The van der Waals surface area contributed by atoms with E-state index in [4.69, 9.17) is 0 Å². The molecule has 0 heterocycles. The lowest BCUT2D eigenvalue weighted by Gasteiger charge is -2.10. The molecular formula is C10H16NP. The fraction of sp³-hybridized carbons (Fsp3) is 0.400. The molecule has 66 valence electrons. The Morgan fingerprint density at radius 2 is 1.92 bits per heavy atom. The maximum Gasteiger partial charge on any atom is 0.0413 e. The minimum atomic E-state index is 0.750.